The number of anilines is 1. The van der Waals surface area contributed by atoms with E-state index < -0.39 is 29.6 Å². The van der Waals surface area contributed by atoms with Gasteiger partial charge in [0.25, 0.3) is 17.6 Å². The molecule has 0 unspecified atom stereocenters. The maximum Gasteiger partial charge on any atom is 0.294 e. The number of nitrogens with one attached hydrogen (secondary N) is 2. The molecular formula is C21H20ClFN6O4. The van der Waals surface area contributed by atoms with Crippen LogP contribution in [0.15, 0.2) is 22.9 Å². The summed E-state index contributed by atoms with van der Waals surface area (Å²) in [5, 5.41) is 8.63. The van der Waals surface area contributed by atoms with Crippen molar-refractivity contribution < 1.29 is 23.3 Å². The molecule has 3 aromatic rings. The molecular weight excluding hydrogens is 455 g/mol. The summed E-state index contributed by atoms with van der Waals surface area (Å²) < 4.78 is 20.0. The van der Waals surface area contributed by atoms with Crippen LogP contribution in [0.3, 0.4) is 0 Å². The first-order chi connectivity index (χ1) is 15.8. The highest BCUT2D eigenvalue weighted by Crippen LogP contribution is 2.33. The van der Waals surface area contributed by atoms with E-state index in [1.807, 2.05) is 0 Å². The van der Waals surface area contributed by atoms with Crippen LogP contribution in [-0.2, 0) is 17.8 Å². The third-order valence-corrected chi connectivity index (χ3v) is 5.62. The first kappa shape index (κ1) is 22.6. The molecule has 1 aliphatic heterocycles. The van der Waals surface area contributed by atoms with Gasteiger partial charge in [0.15, 0.2) is 5.82 Å². The van der Waals surface area contributed by atoms with Crippen LogP contribution in [0.2, 0.25) is 5.02 Å². The molecule has 12 heteroatoms. The van der Waals surface area contributed by atoms with Crippen LogP contribution in [0.1, 0.15) is 64.1 Å². The predicted molar refractivity (Wildman–Crippen MR) is 114 cm³/mol. The van der Waals surface area contributed by atoms with Crippen molar-refractivity contribution in [1.82, 2.24) is 25.0 Å². The average molecular weight is 475 g/mol. The summed E-state index contributed by atoms with van der Waals surface area (Å²) in [6, 6.07) is 1.79. The fraction of sp³-hybridized carbons (Fsp3) is 0.333. The number of halogens is 2. The molecule has 4 rings (SSSR count). The summed E-state index contributed by atoms with van der Waals surface area (Å²) in [6.45, 7) is 3.66. The van der Waals surface area contributed by atoms with E-state index in [0.29, 0.717) is 24.5 Å². The molecule has 0 spiro atoms. The number of pyridine rings is 1. The maximum atomic E-state index is 13.4. The molecule has 1 aliphatic rings. The topological polar surface area (TPSA) is 132 Å². The molecule has 0 aliphatic carbocycles. The van der Waals surface area contributed by atoms with Gasteiger partial charge in [-0.2, -0.15) is 9.37 Å². The minimum atomic E-state index is -0.922. The molecule has 0 fully saturated rings. The Balaban J connectivity index is 1.63. The Morgan fingerprint density at radius 2 is 2.09 bits per heavy atom. The summed E-state index contributed by atoms with van der Waals surface area (Å²) in [6.07, 6.45) is 3.26. The second-order valence-corrected chi connectivity index (χ2v) is 8.00. The Hall–Kier alpha value is -3.60. The summed E-state index contributed by atoms with van der Waals surface area (Å²) in [5.41, 5.74) is 0.762. The molecule has 2 amide bonds. The van der Waals surface area contributed by atoms with Gasteiger partial charge in [-0.15, -0.1) is 0 Å². The lowest BCUT2D eigenvalue weighted by molar-refractivity contribution is -0.117. The molecule has 172 valence electrons. The molecule has 3 aromatic heterocycles. The lowest BCUT2D eigenvalue weighted by atomic mass is 10.1. The zero-order valence-corrected chi connectivity index (χ0v) is 18.6. The monoisotopic (exact) mass is 474 g/mol. The molecule has 0 saturated heterocycles. The number of nitrogens with zero attached hydrogens (tertiary/aromatic N) is 4. The smallest absolute Gasteiger partial charge is 0.294 e. The molecule has 0 saturated carbocycles. The number of ketones is 1. The van der Waals surface area contributed by atoms with E-state index >= 15 is 0 Å². The highest BCUT2D eigenvalue weighted by atomic mass is 35.5. The third kappa shape index (κ3) is 4.49. The Morgan fingerprint density at radius 3 is 2.79 bits per heavy atom. The van der Waals surface area contributed by atoms with E-state index in [-0.39, 0.29) is 27.9 Å². The number of hydrogen-bond donors (Lipinski definition) is 2. The van der Waals surface area contributed by atoms with Crippen molar-refractivity contribution in [2.24, 2.45) is 0 Å². The van der Waals surface area contributed by atoms with E-state index in [0.717, 1.165) is 18.9 Å². The number of amides is 2. The number of carbonyl (C=O) groups is 3. The standard InChI is InChI=1S/C21H20ClFN6O4/c1-10(21-26-11(2)28-33-21)25-20(32)18(30)17-16(22)15(13-5-3-4-8-29(13)17)19(31)27-12-6-7-24-14(23)9-12/h6-7,9-10H,3-5,8H2,1-2H3,(H,25,32)(H,24,27,31)/t10-/m0/s1. The largest absolute Gasteiger partial charge is 0.340 e. The number of hydrogen-bond acceptors (Lipinski definition) is 7. The zero-order valence-electron chi connectivity index (χ0n) is 17.8. The van der Waals surface area contributed by atoms with Crippen molar-refractivity contribution in [2.75, 3.05) is 5.32 Å². The fourth-order valence-corrected chi connectivity index (χ4v) is 4.13. The molecule has 0 aromatic carbocycles. The fourth-order valence-electron chi connectivity index (χ4n) is 3.75. The molecule has 10 nitrogen and oxygen atoms in total. The van der Waals surface area contributed by atoms with Gasteiger partial charge in [-0.05, 0) is 39.2 Å². The van der Waals surface area contributed by atoms with E-state index in [1.165, 1.54) is 12.3 Å². The Kier molecular flexibility index (Phi) is 6.23. The van der Waals surface area contributed by atoms with E-state index in [2.05, 4.69) is 25.8 Å². The van der Waals surface area contributed by atoms with E-state index in [1.54, 1.807) is 18.4 Å². The van der Waals surface area contributed by atoms with Gasteiger partial charge < -0.3 is 19.7 Å². The van der Waals surface area contributed by atoms with Crippen LogP contribution in [-0.4, -0.2) is 37.3 Å². The van der Waals surface area contributed by atoms with Gasteiger partial charge in [0, 0.05) is 30.2 Å². The van der Waals surface area contributed by atoms with Crippen molar-refractivity contribution in [3.63, 3.8) is 0 Å². The lowest BCUT2D eigenvalue weighted by Crippen LogP contribution is -2.35. The second-order valence-electron chi connectivity index (χ2n) is 7.62. The van der Waals surface area contributed by atoms with Crippen LogP contribution >= 0.6 is 11.6 Å². The number of carbonyl (C=O) groups excluding carboxylic acids is 3. The van der Waals surface area contributed by atoms with Crippen LogP contribution in [0, 0.1) is 12.9 Å². The molecule has 0 radical (unpaired) electrons. The number of Topliss-reactive ketones (excluding diaryl/α,β-unsaturated/α-hetero) is 1. The Bertz CT molecular complexity index is 1250. The maximum absolute atomic E-state index is 13.4. The summed E-state index contributed by atoms with van der Waals surface area (Å²) in [5.74, 6) is -2.62. The minimum absolute atomic E-state index is 0.0659. The normalized spacial score (nSPS) is 13.8. The highest BCUT2D eigenvalue weighted by molar-refractivity contribution is 6.48. The number of aryl methyl sites for hydroxylation is 1. The van der Waals surface area contributed by atoms with Crippen LogP contribution in [0.4, 0.5) is 10.1 Å². The predicted octanol–water partition coefficient (Wildman–Crippen LogP) is 3.02. The summed E-state index contributed by atoms with van der Waals surface area (Å²) in [7, 11) is 0. The van der Waals surface area contributed by atoms with Crippen molar-refractivity contribution in [3.05, 3.63) is 58.0 Å². The van der Waals surface area contributed by atoms with E-state index in [9.17, 15) is 18.8 Å². The Morgan fingerprint density at radius 1 is 1.30 bits per heavy atom. The first-order valence-electron chi connectivity index (χ1n) is 10.3. The highest BCUT2D eigenvalue weighted by Gasteiger charge is 2.34. The number of fused-ring (bicyclic) bond motifs is 1. The van der Waals surface area contributed by atoms with Crippen LogP contribution < -0.4 is 10.6 Å². The van der Waals surface area contributed by atoms with Gasteiger partial charge in [-0.1, -0.05) is 16.8 Å². The van der Waals surface area contributed by atoms with Gasteiger partial charge in [0.1, 0.15) is 11.7 Å². The first-order valence-corrected chi connectivity index (χ1v) is 10.6. The molecule has 2 N–H and O–H groups in total. The second kappa shape index (κ2) is 9.10. The summed E-state index contributed by atoms with van der Waals surface area (Å²) >= 11 is 6.50. The van der Waals surface area contributed by atoms with E-state index in [4.69, 9.17) is 16.1 Å². The zero-order chi connectivity index (χ0) is 23.7. The SMILES string of the molecule is Cc1noc([C@H](C)NC(=O)C(=O)c2c(Cl)c(C(=O)Nc3ccnc(F)c3)c3n2CCCC3)n1. The van der Waals surface area contributed by atoms with Gasteiger partial charge >= 0.3 is 0 Å². The van der Waals surface area contributed by atoms with Gasteiger partial charge in [0.2, 0.25) is 11.8 Å². The number of rotatable bonds is 6. The summed E-state index contributed by atoms with van der Waals surface area (Å²) in [4.78, 5) is 46.3. The van der Waals surface area contributed by atoms with Crippen molar-refractivity contribution >= 4 is 34.9 Å². The molecule has 0 bridgehead atoms. The van der Waals surface area contributed by atoms with Gasteiger partial charge in [-0.25, -0.2) is 4.98 Å². The quantitative estimate of drug-likeness (QED) is 0.319. The molecule has 4 heterocycles. The molecule has 33 heavy (non-hydrogen) atoms. The average Bonchev–Trinajstić information content (AvgIpc) is 3.33. The van der Waals surface area contributed by atoms with Gasteiger partial charge in [-0.3, -0.25) is 14.4 Å². The lowest BCUT2D eigenvalue weighted by Gasteiger charge is -2.18. The van der Waals surface area contributed by atoms with Crippen molar-refractivity contribution in [1.29, 1.82) is 0 Å². The Labute approximate surface area is 192 Å². The number of aromatic nitrogens is 4. The van der Waals surface area contributed by atoms with Crippen molar-refractivity contribution in [2.45, 2.75) is 45.7 Å². The van der Waals surface area contributed by atoms with Crippen molar-refractivity contribution in [3.8, 4) is 0 Å². The molecule has 1 atom stereocenters. The van der Waals surface area contributed by atoms with Crippen LogP contribution in [0.25, 0.3) is 0 Å². The van der Waals surface area contributed by atoms with Gasteiger partial charge in [0.05, 0.1) is 10.6 Å². The van der Waals surface area contributed by atoms with Crippen LogP contribution in [0.5, 0.6) is 0 Å². The minimum Gasteiger partial charge on any atom is -0.340 e. The third-order valence-electron chi connectivity index (χ3n) is 5.25.